The van der Waals surface area contributed by atoms with Crippen LogP contribution in [0, 0.1) is 22.7 Å². The number of ether oxygens (including phenoxy) is 2. The Morgan fingerprint density at radius 3 is 2.82 bits per heavy atom. The van der Waals surface area contributed by atoms with Crippen LogP contribution in [-0.2, 0) is 19.4 Å². The molecule has 3 aromatic rings. The first-order chi connectivity index (χ1) is 16.3. The molecule has 0 spiro atoms. The normalized spacial score (nSPS) is 15.7. The number of aromatic nitrogens is 1. The smallest absolute Gasteiger partial charge is 0.175 e. The van der Waals surface area contributed by atoms with Crippen molar-refractivity contribution >= 4 is 38.5 Å². The van der Waals surface area contributed by atoms with Crippen LogP contribution < -0.4 is 9.47 Å². The predicted molar refractivity (Wildman–Crippen MR) is 141 cm³/mol. The Labute approximate surface area is 213 Å². The van der Waals surface area contributed by atoms with E-state index in [1.54, 1.807) is 30.9 Å². The van der Waals surface area contributed by atoms with Crippen molar-refractivity contribution in [1.82, 2.24) is 4.98 Å². The molecule has 0 unspecified atom stereocenters. The van der Waals surface area contributed by atoms with Crippen molar-refractivity contribution < 1.29 is 9.47 Å². The van der Waals surface area contributed by atoms with Crippen LogP contribution in [0.5, 0.6) is 11.5 Å². The molecule has 0 aliphatic heterocycles. The zero-order chi connectivity index (χ0) is 24.3. The summed E-state index contributed by atoms with van der Waals surface area (Å²) in [7, 11) is 1.61. The number of hydrogen-bond donors (Lipinski definition) is 0. The zero-order valence-corrected chi connectivity index (χ0v) is 22.3. The molecule has 1 aromatic carbocycles. The van der Waals surface area contributed by atoms with Crippen molar-refractivity contribution in [3.8, 4) is 17.6 Å². The monoisotopic (exact) mass is 537 g/mol. The maximum Gasteiger partial charge on any atom is 0.175 e. The quantitative estimate of drug-likeness (QED) is 0.310. The highest BCUT2D eigenvalue weighted by Crippen LogP contribution is 2.45. The number of aliphatic imine (C=N–C) groups is 1. The van der Waals surface area contributed by atoms with Crippen LogP contribution in [0.25, 0.3) is 0 Å². The van der Waals surface area contributed by atoms with Crippen LogP contribution >= 0.6 is 27.3 Å². The molecule has 1 atom stereocenters. The van der Waals surface area contributed by atoms with Gasteiger partial charge in [0.2, 0.25) is 0 Å². The molecule has 4 rings (SSSR count). The van der Waals surface area contributed by atoms with Gasteiger partial charge in [-0.15, -0.1) is 11.3 Å². The van der Waals surface area contributed by atoms with Crippen molar-refractivity contribution in [2.24, 2.45) is 16.3 Å². The lowest BCUT2D eigenvalue weighted by molar-refractivity contribution is 0.218. The molecule has 0 fully saturated rings. The van der Waals surface area contributed by atoms with Gasteiger partial charge in [-0.25, -0.2) is 4.99 Å². The molecule has 0 saturated carbocycles. The van der Waals surface area contributed by atoms with Gasteiger partial charge >= 0.3 is 0 Å². The van der Waals surface area contributed by atoms with E-state index in [9.17, 15) is 5.26 Å². The van der Waals surface area contributed by atoms with Gasteiger partial charge in [-0.2, -0.15) is 5.26 Å². The van der Waals surface area contributed by atoms with Gasteiger partial charge in [0.05, 0.1) is 22.8 Å². The molecule has 5 nitrogen and oxygen atoms in total. The van der Waals surface area contributed by atoms with E-state index in [0.717, 1.165) is 45.6 Å². The van der Waals surface area contributed by atoms with Gasteiger partial charge in [0.1, 0.15) is 17.7 Å². The lowest BCUT2D eigenvalue weighted by Gasteiger charge is -2.33. The largest absolute Gasteiger partial charge is 0.493 e. The van der Waals surface area contributed by atoms with Gasteiger partial charge in [0.15, 0.2) is 11.5 Å². The standard InChI is InChI=1S/C27H28BrN3O2S/c1-27(2,3)18-8-9-20-21(14-29)26(34-24(20)13-18)31-15-17-11-22(28)25(23(12-17)32-4)33-16-19-7-5-6-10-30-19/h5-7,10-12,15,18H,8-9,13,16H2,1-4H3/t18-/m1/s1. The molecule has 2 aromatic heterocycles. The summed E-state index contributed by atoms with van der Waals surface area (Å²) in [6, 6.07) is 11.9. The molecule has 176 valence electrons. The highest BCUT2D eigenvalue weighted by atomic mass is 79.9. The minimum atomic E-state index is 0.265. The topological polar surface area (TPSA) is 67.5 Å². The summed E-state index contributed by atoms with van der Waals surface area (Å²) in [6.07, 6.45) is 6.62. The Kier molecular flexibility index (Phi) is 7.39. The average Bonchev–Trinajstić information content (AvgIpc) is 3.18. The average molecular weight is 539 g/mol. The van der Waals surface area contributed by atoms with E-state index >= 15 is 0 Å². The SMILES string of the molecule is COc1cc(C=Nc2sc3c(c2C#N)CC[C@@H](C(C)(C)C)C3)cc(Br)c1OCc1ccccn1. The third-order valence-corrected chi connectivity index (χ3v) is 8.01. The Morgan fingerprint density at radius 1 is 1.32 bits per heavy atom. The Bertz CT molecular complexity index is 1240. The summed E-state index contributed by atoms with van der Waals surface area (Å²) in [4.78, 5) is 10.3. The molecule has 0 saturated heterocycles. The number of benzene rings is 1. The van der Waals surface area contributed by atoms with Gasteiger partial charge in [0.25, 0.3) is 0 Å². The maximum atomic E-state index is 9.84. The van der Waals surface area contributed by atoms with Gasteiger partial charge in [-0.1, -0.05) is 26.8 Å². The third kappa shape index (κ3) is 5.34. The van der Waals surface area contributed by atoms with Crippen LogP contribution in [0.4, 0.5) is 5.00 Å². The first-order valence-electron chi connectivity index (χ1n) is 11.3. The molecule has 0 N–H and O–H groups in total. The van der Waals surface area contributed by atoms with Gasteiger partial charge in [-0.3, -0.25) is 4.98 Å². The first-order valence-corrected chi connectivity index (χ1v) is 12.9. The summed E-state index contributed by atoms with van der Waals surface area (Å²) in [5, 5.41) is 10.6. The van der Waals surface area contributed by atoms with Crippen molar-refractivity contribution in [2.75, 3.05) is 7.11 Å². The van der Waals surface area contributed by atoms with Crippen molar-refractivity contribution in [3.05, 3.63) is 68.3 Å². The summed E-state index contributed by atoms with van der Waals surface area (Å²) >= 11 is 5.26. The van der Waals surface area contributed by atoms with E-state index in [1.165, 1.54) is 10.4 Å². The van der Waals surface area contributed by atoms with E-state index < -0.39 is 0 Å². The molecular formula is C27H28BrN3O2S. The molecule has 1 aliphatic rings. The number of hydrogen-bond acceptors (Lipinski definition) is 6. The number of pyridine rings is 1. The van der Waals surface area contributed by atoms with E-state index in [2.05, 4.69) is 47.8 Å². The fourth-order valence-electron chi connectivity index (χ4n) is 4.23. The second kappa shape index (κ2) is 10.3. The Hall–Kier alpha value is -2.69. The van der Waals surface area contributed by atoms with E-state index in [0.29, 0.717) is 24.0 Å². The van der Waals surface area contributed by atoms with Gasteiger partial charge < -0.3 is 9.47 Å². The number of nitrogens with zero attached hydrogens (tertiary/aromatic N) is 3. The highest BCUT2D eigenvalue weighted by Gasteiger charge is 2.32. The van der Waals surface area contributed by atoms with Crippen molar-refractivity contribution in [3.63, 3.8) is 0 Å². The maximum absolute atomic E-state index is 9.84. The van der Waals surface area contributed by atoms with Gasteiger partial charge in [-0.05, 0) is 81.9 Å². The lowest BCUT2D eigenvalue weighted by Crippen LogP contribution is -2.26. The molecule has 34 heavy (non-hydrogen) atoms. The highest BCUT2D eigenvalue weighted by molar-refractivity contribution is 9.10. The van der Waals surface area contributed by atoms with Crippen molar-refractivity contribution in [2.45, 2.75) is 46.6 Å². The van der Waals surface area contributed by atoms with Crippen LogP contribution in [0.1, 0.15) is 54.5 Å². The lowest BCUT2D eigenvalue weighted by atomic mass is 9.72. The first kappa shape index (κ1) is 24.4. The number of fused-ring (bicyclic) bond motifs is 1. The summed E-state index contributed by atoms with van der Waals surface area (Å²) < 4.78 is 12.3. The van der Waals surface area contributed by atoms with Crippen LogP contribution in [0.3, 0.4) is 0 Å². The molecule has 2 heterocycles. The molecule has 7 heteroatoms. The predicted octanol–water partition coefficient (Wildman–Crippen LogP) is 7.27. The van der Waals surface area contributed by atoms with E-state index in [1.807, 2.05) is 30.3 Å². The number of halogens is 1. The minimum absolute atomic E-state index is 0.265. The van der Waals surface area contributed by atoms with E-state index in [-0.39, 0.29) is 5.41 Å². The van der Waals surface area contributed by atoms with Crippen molar-refractivity contribution in [1.29, 1.82) is 5.26 Å². The second-order valence-corrected chi connectivity index (χ2v) is 11.4. The second-order valence-electron chi connectivity index (χ2n) is 9.50. The number of nitriles is 1. The fraction of sp³-hybridized carbons (Fsp3) is 0.370. The molecule has 0 amide bonds. The summed E-state index contributed by atoms with van der Waals surface area (Å²) in [5.74, 6) is 1.84. The third-order valence-electron chi connectivity index (χ3n) is 6.26. The van der Waals surface area contributed by atoms with Crippen LogP contribution in [0.2, 0.25) is 0 Å². The molecule has 0 radical (unpaired) electrons. The summed E-state index contributed by atoms with van der Waals surface area (Å²) in [5.41, 5.74) is 3.88. The fourth-order valence-corrected chi connectivity index (χ4v) is 6.03. The number of thiophene rings is 1. The van der Waals surface area contributed by atoms with E-state index in [4.69, 9.17) is 14.5 Å². The Balaban J connectivity index is 1.57. The number of methoxy groups -OCH3 is 1. The molecule has 1 aliphatic carbocycles. The van der Waals surface area contributed by atoms with Gasteiger partial charge in [0, 0.05) is 17.3 Å². The number of rotatable bonds is 6. The minimum Gasteiger partial charge on any atom is -0.493 e. The molecule has 0 bridgehead atoms. The Morgan fingerprint density at radius 2 is 2.15 bits per heavy atom. The van der Waals surface area contributed by atoms with Crippen LogP contribution in [-0.4, -0.2) is 18.3 Å². The van der Waals surface area contributed by atoms with Crippen LogP contribution in [0.15, 0.2) is 46.0 Å². The summed E-state index contributed by atoms with van der Waals surface area (Å²) in [6.45, 7) is 7.24. The zero-order valence-electron chi connectivity index (χ0n) is 19.9. The molecular weight excluding hydrogens is 510 g/mol.